The fourth-order valence-electron chi connectivity index (χ4n) is 1.95. The van der Waals surface area contributed by atoms with E-state index in [1.165, 1.54) is 6.07 Å². The molecule has 4 nitrogen and oxygen atoms in total. The van der Waals surface area contributed by atoms with Crippen molar-refractivity contribution >= 4 is 34.8 Å². The minimum atomic E-state index is -4.65. The van der Waals surface area contributed by atoms with Crippen LogP contribution < -0.4 is 0 Å². The Kier molecular flexibility index (Phi) is 8.38. The first-order chi connectivity index (χ1) is 14.4. The maximum absolute atomic E-state index is 12.5. The molecular formula is C17H8Cl3F7N4. The topological polar surface area (TPSA) is 51.6 Å². The normalized spacial score (nSPS) is 11.5. The second kappa shape index (κ2) is 10.4. The van der Waals surface area contributed by atoms with Crippen molar-refractivity contribution in [3.8, 4) is 11.3 Å². The molecule has 0 bridgehead atoms. The van der Waals surface area contributed by atoms with Crippen molar-refractivity contribution in [3.63, 3.8) is 0 Å². The number of hydrogen-bond donors (Lipinski definition) is 0. The zero-order chi connectivity index (χ0) is 23.3. The highest BCUT2D eigenvalue weighted by molar-refractivity contribution is 6.34. The van der Waals surface area contributed by atoms with E-state index in [0.717, 1.165) is 30.9 Å². The van der Waals surface area contributed by atoms with Crippen LogP contribution in [0.5, 0.6) is 0 Å². The third-order valence-corrected chi connectivity index (χ3v) is 4.26. The van der Waals surface area contributed by atoms with Crippen molar-refractivity contribution in [1.82, 2.24) is 19.9 Å². The smallest absolute Gasteiger partial charge is 0.256 e. The molecular weight excluding hydrogens is 500 g/mol. The van der Waals surface area contributed by atoms with Gasteiger partial charge in [-0.2, -0.15) is 13.2 Å². The van der Waals surface area contributed by atoms with Gasteiger partial charge in [-0.1, -0.05) is 34.8 Å². The zero-order valence-electron chi connectivity index (χ0n) is 14.7. The number of pyridine rings is 2. The van der Waals surface area contributed by atoms with Crippen LogP contribution in [-0.4, -0.2) is 19.9 Å². The lowest BCUT2D eigenvalue weighted by Gasteiger charge is -2.07. The van der Waals surface area contributed by atoms with E-state index >= 15 is 0 Å². The molecule has 0 aliphatic heterocycles. The Morgan fingerprint density at radius 2 is 1.16 bits per heavy atom. The number of rotatable bonds is 3. The average Bonchev–Trinajstić information content (AvgIpc) is 2.67. The highest BCUT2D eigenvalue weighted by Gasteiger charge is 2.34. The average molecular weight is 508 g/mol. The summed E-state index contributed by atoms with van der Waals surface area (Å²) in [6, 6.07) is 2.31. The number of hydrogen-bond acceptors (Lipinski definition) is 4. The maximum Gasteiger partial charge on any atom is 0.451 e. The fourth-order valence-corrected chi connectivity index (χ4v) is 2.63. The monoisotopic (exact) mass is 506 g/mol. The third-order valence-electron chi connectivity index (χ3n) is 3.40. The third kappa shape index (κ3) is 6.88. The fraction of sp³-hybridized carbons (Fsp3) is 0.176. The van der Waals surface area contributed by atoms with Crippen molar-refractivity contribution in [2.75, 3.05) is 0 Å². The molecule has 0 aliphatic carbocycles. The quantitative estimate of drug-likeness (QED) is 0.272. The van der Waals surface area contributed by atoms with E-state index in [9.17, 15) is 30.7 Å². The highest BCUT2D eigenvalue weighted by Crippen LogP contribution is 2.30. The van der Waals surface area contributed by atoms with Gasteiger partial charge >= 0.3 is 6.18 Å². The summed E-state index contributed by atoms with van der Waals surface area (Å²) in [5.41, 5.74) is -0.506. The van der Waals surface area contributed by atoms with Crippen molar-refractivity contribution in [2.45, 2.75) is 19.0 Å². The van der Waals surface area contributed by atoms with Crippen LogP contribution in [0.4, 0.5) is 30.7 Å². The first-order valence-corrected chi connectivity index (χ1v) is 8.95. The number of halogens is 10. The predicted octanol–water partition coefficient (Wildman–Crippen LogP) is 7.47. The summed E-state index contributed by atoms with van der Waals surface area (Å²) in [6.07, 6.45) is -6.41. The van der Waals surface area contributed by atoms with E-state index in [4.69, 9.17) is 34.8 Å². The Hall–Kier alpha value is -2.24. The molecule has 0 radical (unpaired) electrons. The van der Waals surface area contributed by atoms with Crippen molar-refractivity contribution in [1.29, 1.82) is 0 Å². The summed E-state index contributed by atoms with van der Waals surface area (Å²) < 4.78 is 85.8. The Bertz CT molecular complexity index is 1030. The maximum atomic E-state index is 12.5. The summed E-state index contributed by atoms with van der Waals surface area (Å²) in [7, 11) is 0. The second-order valence-electron chi connectivity index (χ2n) is 5.51. The molecule has 0 unspecified atom stereocenters. The van der Waals surface area contributed by atoms with Crippen molar-refractivity contribution < 1.29 is 30.7 Å². The zero-order valence-corrected chi connectivity index (χ0v) is 17.0. The van der Waals surface area contributed by atoms with E-state index in [-0.39, 0.29) is 32.0 Å². The molecule has 3 aromatic heterocycles. The van der Waals surface area contributed by atoms with Crippen molar-refractivity contribution in [3.05, 3.63) is 69.1 Å². The van der Waals surface area contributed by atoms with Crippen LogP contribution in [0, 0.1) is 0 Å². The summed E-state index contributed by atoms with van der Waals surface area (Å²) in [4.78, 5) is 13.5. The van der Waals surface area contributed by atoms with Crippen LogP contribution in [0.25, 0.3) is 11.3 Å². The largest absolute Gasteiger partial charge is 0.451 e. The van der Waals surface area contributed by atoms with Gasteiger partial charge in [0.15, 0.2) is 0 Å². The first-order valence-electron chi connectivity index (χ1n) is 7.82. The van der Waals surface area contributed by atoms with Crippen LogP contribution in [0.15, 0.2) is 36.9 Å². The Balaban J connectivity index is 0.000000262. The molecule has 3 heterocycles. The molecule has 31 heavy (non-hydrogen) atoms. The summed E-state index contributed by atoms with van der Waals surface area (Å²) in [6.45, 7) is 0. The molecule has 166 valence electrons. The van der Waals surface area contributed by atoms with Gasteiger partial charge in [0.05, 0.1) is 26.9 Å². The van der Waals surface area contributed by atoms with Crippen molar-refractivity contribution in [2.24, 2.45) is 0 Å². The van der Waals surface area contributed by atoms with Gasteiger partial charge in [-0.3, -0.25) is 4.98 Å². The lowest BCUT2D eigenvalue weighted by molar-refractivity contribution is -0.144. The number of alkyl halides is 7. The van der Waals surface area contributed by atoms with Crippen LogP contribution in [-0.2, 0) is 6.18 Å². The van der Waals surface area contributed by atoms with Gasteiger partial charge in [0.2, 0.25) is 5.82 Å². The van der Waals surface area contributed by atoms with Crippen LogP contribution in [0.1, 0.15) is 29.8 Å². The van der Waals surface area contributed by atoms with E-state index in [0.29, 0.717) is 0 Å². The van der Waals surface area contributed by atoms with Crippen LogP contribution >= 0.6 is 34.8 Å². The summed E-state index contributed by atoms with van der Waals surface area (Å²) >= 11 is 16.4. The standard InChI is InChI=1S/C11H5ClF5N3.C6H3Cl2F2N/c12-7-1-8(18-4-6(7)9(13)14)5-2-19-10(20-3-5)11(15,16)17;7-4-1-5(8)11-2-3(4)6(9)10/h1-4,9H;1-2,6H. The molecule has 3 rings (SSSR count). The van der Waals surface area contributed by atoms with Gasteiger partial charge in [-0.25, -0.2) is 32.5 Å². The van der Waals surface area contributed by atoms with Crippen LogP contribution in [0.3, 0.4) is 0 Å². The molecule has 0 N–H and O–H groups in total. The number of nitrogens with zero attached hydrogens (tertiary/aromatic N) is 4. The predicted molar refractivity (Wildman–Crippen MR) is 99.4 cm³/mol. The molecule has 0 saturated carbocycles. The van der Waals surface area contributed by atoms with Gasteiger partial charge in [-0.15, -0.1) is 0 Å². The van der Waals surface area contributed by atoms with Gasteiger partial charge < -0.3 is 0 Å². The van der Waals surface area contributed by atoms with Gasteiger partial charge in [0.25, 0.3) is 12.9 Å². The van der Waals surface area contributed by atoms with Crippen LogP contribution in [0.2, 0.25) is 15.2 Å². The molecule has 14 heteroatoms. The van der Waals surface area contributed by atoms with E-state index < -0.39 is 30.4 Å². The molecule has 0 aromatic carbocycles. The molecule has 0 aliphatic rings. The van der Waals surface area contributed by atoms with Gasteiger partial charge in [0, 0.05) is 30.4 Å². The molecule has 0 amide bonds. The molecule has 0 saturated heterocycles. The molecule has 0 fully saturated rings. The SMILES string of the molecule is FC(F)c1cnc(-c2cnc(C(F)(F)F)nc2)cc1Cl.FC(F)c1cnc(Cl)cc1Cl. The Morgan fingerprint density at radius 3 is 1.58 bits per heavy atom. The molecule has 0 spiro atoms. The van der Waals surface area contributed by atoms with E-state index in [1.807, 2.05) is 0 Å². The van der Waals surface area contributed by atoms with Gasteiger partial charge in [-0.05, 0) is 12.1 Å². The molecule has 0 atom stereocenters. The highest BCUT2D eigenvalue weighted by atomic mass is 35.5. The second-order valence-corrected chi connectivity index (χ2v) is 6.72. The lowest BCUT2D eigenvalue weighted by Crippen LogP contribution is -2.10. The Labute approximate surface area is 185 Å². The Morgan fingerprint density at radius 1 is 0.677 bits per heavy atom. The minimum absolute atomic E-state index is 0.0556. The molecule has 3 aromatic rings. The lowest BCUT2D eigenvalue weighted by atomic mass is 10.2. The summed E-state index contributed by atoms with van der Waals surface area (Å²) in [5, 5.41) is -0.177. The summed E-state index contributed by atoms with van der Waals surface area (Å²) in [5.74, 6) is -1.29. The number of aromatic nitrogens is 4. The van der Waals surface area contributed by atoms with E-state index in [2.05, 4.69) is 19.9 Å². The first kappa shape index (κ1) is 25.0. The van der Waals surface area contributed by atoms with Gasteiger partial charge in [0.1, 0.15) is 5.15 Å². The van der Waals surface area contributed by atoms with E-state index in [1.54, 1.807) is 0 Å². The minimum Gasteiger partial charge on any atom is -0.256 e.